The average molecular weight is 247 g/mol. The molecule has 0 radical (unpaired) electrons. The van der Waals surface area contributed by atoms with Crippen LogP contribution in [0.1, 0.15) is 27.0 Å². The van der Waals surface area contributed by atoms with Gasteiger partial charge in [-0.3, -0.25) is 4.79 Å². The van der Waals surface area contributed by atoms with Crippen molar-refractivity contribution in [2.75, 3.05) is 0 Å². The molecule has 2 aromatic carbocycles. The second-order valence-corrected chi connectivity index (χ2v) is 4.25. The van der Waals surface area contributed by atoms with Crippen LogP contribution in [0.2, 0.25) is 0 Å². The summed E-state index contributed by atoms with van der Waals surface area (Å²) < 4.78 is 0. The SMILES string of the molecule is Cc1ccccc1C(=O)C=Cc1ccc(C#N)cc1. The number of rotatable bonds is 3. The summed E-state index contributed by atoms with van der Waals surface area (Å²) in [5, 5.41) is 8.70. The molecule has 2 nitrogen and oxygen atoms in total. The summed E-state index contributed by atoms with van der Waals surface area (Å²) in [5.74, 6) is -0.0116. The van der Waals surface area contributed by atoms with Crippen LogP contribution in [0.5, 0.6) is 0 Å². The van der Waals surface area contributed by atoms with E-state index in [-0.39, 0.29) is 5.78 Å². The third-order valence-electron chi connectivity index (χ3n) is 2.88. The van der Waals surface area contributed by atoms with E-state index in [9.17, 15) is 4.79 Å². The number of benzene rings is 2. The van der Waals surface area contributed by atoms with Crippen LogP contribution in [-0.4, -0.2) is 5.78 Å². The van der Waals surface area contributed by atoms with Gasteiger partial charge in [-0.2, -0.15) is 5.26 Å². The summed E-state index contributed by atoms with van der Waals surface area (Å²) in [5.41, 5.74) is 3.20. The third kappa shape index (κ3) is 3.17. The van der Waals surface area contributed by atoms with E-state index >= 15 is 0 Å². The highest BCUT2D eigenvalue weighted by atomic mass is 16.1. The van der Waals surface area contributed by atoms with Crippen molar-refractivity contribution in [3.63, 3.8) is 0 Å². The maximum atomic E-state index is 12.0. The predicted octanol–water partition coefficient (Wildman–Crippen LogP) is 3.76. The lowest BCUT2D eigenvalue weighted by molar-refractivity contribution is 0.104. The minimum atomic E-state index is -0.0116. The monoisotopic (exact) mass is 247 g/mol. The van der Waals surface area contributed by atoms with Crippen molar-refractivity contribution in [3.05, 3.63) is 76.9 Å². The first-order valence-corrected chi connectivity index (χ1v) is 5.99. The van der Waals surface area contributed by atoms with Crippen LogP contribution in [0.4, 0.5) is 0 Å². The smallest absolute Gasteiger partial charge is 0.186 e. The van der Waals surface area contributed by atoms with Gasteiger partial charge in [-0.25, -0.2) is 0 Å². The second-order valence-electron chi connectivity index (χ2n) is 4.25. The molecule has 0 N–H and O–H groups in total. The molecule has 0 spiro atoms. The number of ketones is 1. The van der Waals surface area contributed by atoms with Gasteiger partial charge in [0.05, 0.1) is 11.6 Å². The Kier molecular flexibility index (Phi) is 3.90. The maximum Gasteiger partial charge on any atom is 0.186 e. The van der Waals surface area contributed by atoms with E-state index in [1.807, 2.05) is 43.3 Å². The molecule has 19 heavy (non-hydrogen) atoms. The molecule has 0 atom stereocenters. The van der Waals surface area contributed by atoms with E-state index in [1.165, 1.54) is 0 Å². The van der Waals surface area contributed by atoms with Crippen LogP contribution >= 0.6 is 0 Å². The van der Waals surface area contributed by atoms with Gasteiger partial charge < -0.3 is 0 Å². The van der Waals surface area contributed by atoms with Gasteiger partial charge in [-0.05, 0) is 36.3 Å². The molecule has 0 aliphatic carbocycles. The molecule has 2 heteroatoms. The number of carbonyl (C=O) groups excluding carboxylic acids is 1. The summed E-state index contributed by atoms with van der Waals surface area (Å²) in [6.07, 6.45) is 3.32. The number of hydrogen-bond donors (Lipinski definition) is 0. The zero-order valence-corrected chi connectivity index (χ0v) is 10.6. The molecular weight excluding hydrogens is 234 g/mol. The molecular formula is C17H13NO. The largest absolute Gasteiger partial charge is 0.289 e. The Morgan fingerprint density at radius 2 is 1.79 bits per heavy atom. The molecule has 0 aliphatic rings. The summed E-state index contributed by atoms with van der Waals surface area (Å²) >= 11 is 0. The molecule has 0 saturated carbocycles. The predicted molar refractivity (Wildman–Crippen MR) is 75.7 cm³/mol. The fourth-order valence-corrected chi connectivity index (χ4v) is 1.78. The number of nitriles is 1. The molecule has 0 fully saturated rings. The van der Waals surface area contributed by atoms with Crippen molar-refractivity contribution in [3.8, 4) is 6.07 Å². The number of nitrogens with zero attached hydrogens (tertiary/aromatic N) is 1. The first kappa shape index (κ1) is 12.8. The fourth-order valence-electron chi connectivity index (χ4n) is 1.78. The molecule has 0 amide bonds. The molecule has 0 aliphatic heterocycles. The second kappa shape index (κ2) is 5.79. The summed E-state index contributed by atoms with van der Waals surface area (Å²) in [4.78, 5) is 12.0. The topological polar surface area (TPSA) is 40.9 Å². The van der Waals surface area contributed by atoms with E-state index in [0.717, 1.165) is 11.1 Å². The molecule has 0 bridgehead atoms. The summed E-state index contributed by atoms with van der Waals surface area (Å²) in [7, 11) is 0. The normalized spacial score (nSPS) is 10.3. The average Bonchev–Trinajstić information content (AvgIpc) is 2.46. The Hall–Kier alpha value is -2.66. The fraction of sp³-hybridized carbons (Fsp3) is 0.0588. The molecule has 2 rings (SSSR count). The molecule has 0 unspecified atom stereocenters. The van der Waals surface area contributed by atoms with Gasteiger partial charge in [0.15, 0.2) is 5.78 Å². The van der Waals surface area contributed by atoms with E-state index in [2.05, 4.69) is 6.07 Å². The molecule has 92 valence electrons. The van der Waals surface area contributed by atoms with E-state index in [0.29, 0.717) is 11.1 Å². The van der Waals surface area contributed by atoms with Crippen molar-refractivity contribution < 1.29 is 4.79 Å². The van der Waals surface area contributed by atoms with Crippen molar-refractivity contribution in [1.82, 2.24) is 0 Å². The Bertz CT molecular complexity index is 660. The van der Waals surface area contributed by atoms with Gasteiger partial charge >= 0.3 is 0 Å². The minimum absolute atomic E-state index is 0.0116. The van der Waals surface area contributed by atoms with Gasteiger partial charge in [0, 0.05) is 5.56 Å². The van der Waals surface area contributed by atoms with Crippen LogP contribution in [0.25, 0.3) is 6.08 Å². The Morgan fingerprint density at radius 3 is 2.42 bits per heavy atom. The molecule has 0 heterocycles. The highest BCUT2D eigenvalue weighted by Gasteiger charge is 2.03. The zero-order chi connectivity index (χ0) is 13.7. The van der Waals surface area contributed by atoms with E-state index in [1.54, 1.807) is 24.3 Å². The van der Waals surface area contributed by atoms with Crippen LogP contribution < -0.4 is 0 Å². The highest BCUT2D eigenvalue weighted by Crippen LogP contribution is 2.10. The zero-order valence-electron chi connectivity index (χ0n) is 10.6. The van der Waals surface area contributed by atoms with Crippen molar-refractivity contribution in [1.29, 1.82) is 5.26 Å². The molecule has 2 aromatic rings. The molecule has 0 saturated heterocycles. The van der Waals surface area contributed by atoms with Gasteiger partial charge in [-0.1, -0.05) is 42.5 Å². The summed E-state index contributed by atoms with van der Waals surface area (Å²) in [6.45, 7) is 1.92. The van der Waals surface area contributed by atoms with Crippen molar-refractivity contribution in [2.24, 2.45) is 0 Å². The maximum absolute atomic E-state index is 12.0. The third-order valence-corrected chi connectivity index (χ3v) is 2.88. The van der Waals surface area contributed by atoms with E-state index < -0.39 is 0 Å². The van der Waals surface area contributed by atoms with Gasteiger partial charge in [0.2, 0.25) is 0 Å². The standard InChI is InChI=1S/C17H13NO/c1-13-4-2-3-5-16(13)17(19)11-10-14-6-8-15(12-18)9-7-14/h2-11H,1H3. The van der Waals surface area contributed by atoms with Crippen LogP contribution in [0, 0.1) is 18.3 Å². The quantitative estimate of drug-likeness (QED) is 0.612. The van der Waals surface area contributed by atoms with Crippen LogP contribution in [0.3, 0.4) is 0 Å². The number of carbonyl (C=O) groups is 1. The van der Waals surface area contributed by atoms with E-state index in [4.69, 9.17) is 5.26 Å². The van der Waals surface area contributed by atoms with Gasteiger partial charge in [0.25, 0.3) is 0 Å². The number of hydrogen-bond acceptors (Lipinski definition) is 2. The lowest BCUT2D eigenvalue weighted by Gasteiger charge is -2.00. The minimum Gasteiger partial charge on any atom is -0.289 e. The van der Waals surface area contributed by atoms with Crippen LogP contribution in [-0.2, 0) is 0 Å². The van der Waals surface area contributed by atoms with Crippen LogP contribution in [0.15, 0.2) is 54.6 Å². The lowest BCUT2D eigenvalue weighted by atomic mass is 10.0. The van der Waals surface area contributed by atoms with Gasteiger partial charge in [-0.15, -0.1) is 0 Å². The van der Waals surface area contributed by atoms with Gasteiger partial charge in [0.1, 0.15) is 0 Å². The Balaban J connectivity index is 2.16. The Morgan fingerprint density at radius 1 is 1.11 bits per heavy atom. The Labute approximate surface area is 112 Å². The number of aryl methyl sites for hydroxylation is 1. The number of allylic oxidation sites excluding steroid dienone is 1. The highest BCUT2D eigenvalue weighted by molar-refractivity contribution is 6.07. The first-order valence-electron chi connectivity index (χ1n) is 5.99. The van der Waals surface area contributed by atoms with Crippen molar-refractivity contribution in [2.45, 2.75) is 6.92 Å². The molecule has 0 aromatic heterocycles. The summed E-state index contributed by atoms with van der Waals surface area (Å²) in [6, 6.07) is 16.7. The first-order chi connectivity index (χ1) is 9.20. The lowest BCUT2D eigenvalue weighted by Crippen LogP contribution is -1.96. The van der Waals surface area contributed by atoms with Crippen molar-refractivity contribution >= 4 is 11.9 Å².